The van der Waals surface area contributed by atoms with E-state index in [-0.39, 0.29) is 0 Å². The van der Waals surface area contributed by atoms with Gasteiger partial charge in [-0.15, -0.1) is 0 Å². The standard InChI is InChI=1S/C11H19N3/c1-7(2)11-10-8(6-12)4-5-9(10)14(3)13-11/h7-8H,4-6,12H2,1-3H3. The van der Waals surface area contributed by atoms with E-state index < -0.39 is 0 Å². The predicted octanol–water partition coefficient (Wildman–Crippen LogP) is 1.53. The average Bonchev–Trinajstić information content (AvgIpc) is 2.67. The normalized spacial score (nSPS) is 20.5. The molecule has 1 aliphatic carbocycles. The van der Waals surface area contributed by atoms with E-state index in [2.05, 4.69) is 18.9 Å². The van der Waals surface area contributed by atoms with Crippen LogP contribution in [-0.4, -0.2) is 16.3 Å². The maximum Gasteiger partial charge on any atom is 0.0688 e. The molecule has 0 aliphatic heterocycles. The van der Waals surface area contributed by atoms with Crippen LogP contribution in [-0.2, 0) is 13.5 Å². The van der Waals surface area contributed by atoms with Gasteiger partial charge in [-0.1, -0.05) is 13.8 Å². The molecule has 78 valence electrons. The van der Waals surface area contributed by atoms with Gasteiger partial charge in [0.15, 0.2) is 0 Å². The van der Waals surface area contributed by atoms with Crippen molar-refractivity contribution in [2.45, 2.75) is 38.5 Å². The van der Waals surface area contributed by atoms with Crippen LogP contribution < -0.4 is 5.73 Å². The molecule has 0 amide bonds. The van der Waals surface area contributed by atoms with Crippen molar-refractivity contribution in [3.8, 4) is 0 Å². The van der Waals surface area contributed by atoms with Crippen LogP contribution in [0.1, 0.15) is 49.1 Å². The molecule has 0 spiro atoms. The van der Waals surface area contributed by atoms with Crippen LogP contribution in [0.4, 0.5) is 0 Å². The van der Waals surface area contributed by atoms with Crippen LogP contribution in [0.25, 0.3) is 0 Å². The Labute approximate surface area is 85.3 Å². The quantitative estimate of drug-likeness (QED) is 0.774. The molecule has 0 saturated heterocycles. The molecule has 0 saturated carbocycles. The molecule has 1 aromatic rings. The van der Waals surface area contributed by atoms with E-state index in [0.717, 1.165) is 13.0 Å². The maximum absolute atomic E-state index is 5.79. The summed E-state index contributed by atoms with van der Waals surface area (Å²) in [6.07, 6.45) is 2.35. The SMILES string of the molecule is CC(C)c1nn(C)c2c1C(CN)CC2. The summed E-state index contributed by atoms with van der Waals surface area (Å²) < 4.78 is 2.04. The van der Waals surface area contributed by atoms with E-state index in [1.54, 1.807) is 0 Å². The summed E-state index contributed by atoms with van der Waals surface area (Å²) >= 11 is 0. The van der Waals surface area contributed by atoms with Crippen molar-refractivity contribution in [2.75, 3.05) is 6.54 Å². The Hall–Kier alpha value is -0.830. The van der Waals surface area contributed by atoms with E-state index >= 15 is 0 Å². The van der Waals surface area contributed by atoms with E-state index in [0.29, 0.717) is 11.8 Å². The highest BCUT2D eigenvalue weighted by Gasteiger charge is 2.29. The van der Waals surface area contributed by atoms with Crippen LogP contribution >= 0.6 is 0 Å². The van der Waals surface area contributed by atoms with Crippen molar-refractivity contribution in [2.24, 2.45) is 12.8 Å². The van der Waals surface area contributed by atoms with Gasteiger partial charge in [0, 0.05) is 24.2 Å². The number of fused-ring (bicyclic) bond motifs is 1. The van der Waals surface area contributed by atoms with Gasteiger partial charge in [0.05, 0.1) is 5.69 Å². The summed E-state index contributed by atoms with van der Waals surface area (Å²) in [6.45, 7) is 5.17. The first kappa shape index (κ1) is 9.71. The summed E-state index contributed by atoms with van der Waals surface area (Å²) in [4.78, 5) is 0. The first-order chi connectivity index (χ1) is 6.65. The summed E-state index contributed by atoms with van der Waals surface area (Å²) in [5.41, 5.74) is 9.91. The van der Waals surface area contributed by atoms with Gasteiger partial charge in [0.2, 0.25) is 0 Å². The second kappa shape index (κ2) is 3.39. The highest BCUT2D eigenvalue weighted by molar-refractivity contribution is 5.36. The van der Waals surface area contributed by atoms with Gasteiger partial charge in [-0.25, -0.2) is 0 Å². The Bertz CT molecular complexity index is 339. The lowest BCUT2D eigenvalue weighted by molar-refractivity contribution is 0.629. The lowest BCUT2D eigenvalue weighted by Crippen LogP contribution is -2.11. The molecule has 3 nitrogen and oxygen atoms in total. The minimum Gasteiger partial charge on any atom is -0.330 e. The number of aryl methyl sites for hydroxylation is 1. The molecule has 1 atom stereocenters. The number of aromatic nitrogens is 2. The number of hydrogen-bond acceptors (Lipinski definition) is 2. The third-order valence-corrected chi connectivity index (χ3v) is 3.20. The van der Waals surface area contributed by atoms with E-state index in [4.69, 9.17) is 5.73 Å². The molecule has 0 fully saturated rings. The van der Waals surface area contributed by atoms with Gasteiger partial charge in [-0.05, 0) is 25.3 Å². The Balaban J connectivity index is 2.49. The molecule has 14 heavy (non-hydrogen) atoms. The third-order valence-electron chi connectivity index (χ3n) is 3.20. The van der Waals surface area contributed by atoms with E-state index in [9.17, 15) is 0 Å². The van der Waals surface area contributed by atoms with Crippen molar-refractivity contribution in [3.63, 3.8) is 0 Å². The predicted molar refractivity (Wildman–Crippen MR) is 57.4 cm³/mol. The Morgan fingerprint density at radius 1 is 1.57 bits per heavy atom. The molecule has 0 aromatic carbocycles. The van der Waals surface area contributed by atoms with Crippen molar-refractivity contribution in [1.82, 2.24) is 9.78 Å². The highest BCUT2D eigenvalue weighted by atomic mass is 15.3. The Kier molecular flexibility index (Phi) is 2.35. The maximum atomic E-state index is 5.79. The lowest BCUT2D eigenvalue weighted by Gasteiger charge is -2.10. The van der Waals surface area contributed by atoms with Crippen molar-refractivity contribution in [3.05, 3.63) is 17.0 Å². The summed E-state index contributed by atoms with van der Waals surface area (Å²) in [5, 5.41) is 4.59. The van der Waals surface area contributed by atoms with Gasteiger partial charge in [0.1, 0.15) is 0 Å². The van der Waals surface area contributed by atoms with Gasteiger partial charge in [-0.2, -0.15) is 5.10 Å². The van der Waals surface area contributed by atoms with Gasteiger partial charge >= 0.3 is 0 Å². The zero-order chi connectivity index (χ0) is 10.3. The largest absolute Gasteiger partial charge is 0.330 e. The molecule has 1 aromatic heterocycles. The number of rotatable bonds is 2. The minimum absolute atomic E-state index is 0.511. The zero-order valence-corrected chi connectivity index (χ0v) is 9.25. The average molecular weight is 193 g/mol. The van der Waals surface area contributed by atoms with E-state index in [1.807, 2.05) is 11.7 Å². The molecule has 1 aliphatic rings. The smallest absolute Gasteiger partial charge is 0.0688 e. The van der Waals surface area contributed by atoms with Gasteiger partial charge < -0.3 is 5.73 Å². The number of hydrogen-bond donors (Lipinski definition) is 1. The lowest BCUT2D eigenvalue weighted by atomic mass is 9.97. The van der Waals surface area contributed by atoms with Gasteiger partial charge in [-0.3, -0.25) is 4.68 Å². The molecule has 0 bridgehead atoms. The summed E-state index contributed by atoms with van der Waals surface area (Å²) in [6, 6.07) is 0. The number of nitrogens with two attached hydrogens (primary N) is 1. The zero-order valence-electron chi connectivity index (χ0n) is 9.25. The molecular weight excluding hydrogens is 174 g/mol. The first-order valence-electron chi connectivity index (χ1n) is 5.40. The number of nitrogens with zero attached hydrogens (tertiary/aromatic N) is 2. The third kappa shape index (κ3) is 1.27. The Morgan fingerprint density at radius 3 is 2.86 bits per heavy atom. The molecule has 1 heterocycles. The molecule has 0 radical (unpaired) electrons. The van der Waals surface area contributed by atoms with Crippen LogP contribution in [0, 0.1) is 0 Å². The summed E-state index contributed by atoms with van der Waals surface area (Å²) in [7, 11) is 2.05. The van der Waals surface area contributed by atoms with Crippen molar-refractivity contribution >= 4 is 0 Å². The van der Waals surface area contributed by atoms with Crippen LogP contribution in [0.5, 0.6) is 0 Å². The first-order valence-corrected chi connectivity index (χ1v) is 5.40. The van der Waals surface area contributed by atoms with Gasteiger partial charge in [0.25, 0.3) is 0 Å². The highest BCUT2D eigenvalue weighted by Crippen LogP contribution is 2.37. The minimum atomic E-state index is 0.511. The van der Waals surface area contributed by atoms with Crippen LogP contribution in [0.2, 0.25) is 0 Å². The molecule has 2 rings (SSSR count). The molecule has 2 N–H and O–H groups in total. The fourth-order valence-corrected chi connectivity index (χ4v) is 2.46. The topological polar surface area (TPSA) is 43.8 Å². The second-order valence-corrected chi connectivity index (χ2v) is 4.50. The summed E-state index contributed by atoms with van der Waals surface area (Å²) in [5.74, 6) is 1.06. The molecule has 3 heteroatoms. The van der Waals surface area contributed by atoms with E-state index in [1.165, 1.54) is 23.4 Å². The van der Waals surface area contributed by atoms with Crippen molar-refractivity contribution in [1.29, 1.82) is 0 Å². The van der Waals surface area contributed by atoms with Crippen LogP contribution in [0.15, 0.2) is 0 Å². The fourth-order valence-electron chi connectivity index (χ4n) is 2.46. The second-order valence-electron chi connectivity index (χ2n) is 4.50. The van der Waals surface area contributed by atoms with Crippen molar-refractivity contribution < 1.29 is 0 Å². The fraction of sp³-hybridized carbons (Fsp3) is 0.727. The molecular formula is C11H19N3. The Morgan fingerprint density at radius 2 is 2.29 bits per heavy atom. The van der Waals surface area contributed by atoms with Crippen LogP contribution in [0.3, 0.4) is 0 Å². The monoisotopic (exact) mass is 193 g/mol. The molecule has 1 unspecified atom stereocenters.